The van der Waals surface area contributed by atoms with E-state index in [2.05, 4.69) is 14.8 Å². The van der Waals surface area contributed by atoms with Crippen LogP contribution in [0.2, 0.25) is 0 Å². The Morgan fingerprint density at radius 2 is 1.91 bits per heavy atom. The third kappa shape index (κ3) is 4.42. The van der Waals surface area contributed by atoms with E-state index < -0.39 is 11.7 Å². The summed E-state index contributed by atoms with van der Waals surface area (Å²) in [6.07, 6.45) is -3.02. The fraction of sp³-hybridized carbons (Fsp3) is 0.478. The zero-order valence-electron chi connectivity index (χ0n) is 18.3. The number of fused-ring (bicyclic) bond motifs is 1. The van der Waals surface area contributed by atoms with Crippen molar-refractivity contribution in [1.29, 1.82) is 0 Å². The molecule has 1 N–H and O–H groups in total. The molecule has 2 aromatic heterocycles. The molecule has 0 aliphatic carbocycles. The van der Waals surface area contributed by atoms with Crippen molar-refractivity contribution in [3.05, 3.63) is 53.0 Å². The van der Waals surface area contributed by atoms with Crippen LogP contribution in [0.15, 0.2) is 30.5 Å². The number of imidazole rings is 1. The molecule has 5 rings (SSSR count). The molecule has 0 atom stereocenters. The third-order valence-corrected chi connectivity index (χ3v) is 6.42. The van der Waals surface area contributed by atoms with Crippen LogP contribution in [0, 0.1) is 6.92 Å². The number of aliphatic hydroxyl groups excluding tert-OH is 1. The summed E-state index contributed by atoms with van der Waals surface area (Å²) in [6.45, 7) is 6.14. The first-order valence-corrected chi connectivity index (χ1v) is 11.0. The minimum atomic E-state index is -4.40. The highest BCUT2D eigenvalue weighted by Gasteiger charge is 2.33. The normalized spacial score (nSPS) is 18.2. The summed E-state index contributed by atoms with van der Waals surface area (Å²) < 4.78 is 47.9. The lowest BCUT2D eigenvalue weighted by molar-refractivity contribution is -0.138. The van der Waals surface area contributed by atoms with Crippen molar-refractivity contribution in [3.8, 4) is 0 Å². The van der Waals surface area contributed by atoms with Gasteiger partial charge in [0, 0.05) is 38.8 Å². The number of nitrogens with zero attached hydrogens (tertiary/aromatic N) is 5. The number of anilines is 1. The Hall–Kier alpha value is -2.69. The van der Waals surface area contributed by atoms with Crippen LogP contribution in [-0.4, -0.2) is 70.0 Å². The molecule has 176 valence electrons. The van der Waals surface area contributed by atoms with E-state index in [0.717, 1.165) is 36.3 Å². The summed E-state index contributed by atoms with van der Waals surface area (Å²) in [6, 6.07) is 6.27. The van der Waals surface area contributed by atoms with Gasteiger partial charge in [0.2, 0.25) is 0 Å². The molecule has 0 spiro atoms. The molecule has 0 radical (unpaired) electrons. The topological polar surface area (TPSA) is 66.7 Å². The van der Waals surface area contributed by atoms with Gasteiger partial charge in [-0.2, -0.15) is 13.2 Å². The van der Waals surface area contributed by atoms with Crippen LogP contribution in [0.1, 0.15) is 22.5 Å². The molecular weight excluding hydrogens is 435 g/mol. The van der Waals surface area contributed by atoms with Gasteiger partial charge in [-0.15, -0.1) is 0 Å². The molecule has 2 aliphatic heterocycles. The zero-order chi connectivity index (χ0) is 23.2. The van der Waals surface area contributed by atoms with Crippen molar-refractivity contribution < 1.29 is 23.0 Å². The molecular formula is C23H26F3N5O2. The molecule has 0 unspecified atom stereocenters. The standard InChI is InChI=1S/C23H26F3N5O2/c1-15-16(3-2-4-18(15)23(24,25)26)11-31-20-9-21(30-5-7-33-8-6-30)27-10-19(20)28-22(31)14-29-12-17(32)13-29/h2-4,9-10,17,32H,5-8,11-14H2,1H3. The molecule has 2 saturated heterocycles. The van der Waals surface area contributed by atoms with Crippen molar-refractivity contribution in [2.24, 2.45) is 0 Å². The zero-order valence-corrected chi connectivity index (χ0v) is 18.3. The number of β-amino-alcohol motifs (C(OH)–C–C–N with tert-alkyl or cyclic N) is 1. The average molecular weight is 461 g/mol. The number of benzene rings is 1. The van der Waals surface area contributed by atoms with Gasteiger partial charge in [-0.1, -0.05) is 12.1 Å². The van der Waals surface area contributed by atoms with Gasteiger partial charge in [0.15, 0.2) is 0 Å². The first-order chi connectivity index (χ1) is 15.8. The van der Waals surface area contributed by atoms with E-state index >= 15 is 0 Å². The summed E-state index contributed by atoms with van der Waals surface area (Å²) in [5.41, 5.74) is 1.73. The van der Waals surface area contributed by atoms with Crippen LogP contribution in [-0.2, 0) is 24.0 Å². The highest BCUT2D eigenvalue weighted by Crippen LogP contribution is 2.34. The first kappa shape index (κ1) is 22.1. The highest BCUT2D eigenvalue weighted by atomic mass is 19.4. The minimum absolute atomic E-state index is 0.222. The van der Waals surface area contributed by atoms with Crippen molar-refractivity contribution in [2.75, 3.05) is 44.3 Å². The number of hydrogen-bond acceptors (Lipinski definition) is 6. The van der Waals surface area contributed by atoms with Crippen LogP contribution in [0.5, 0.6) is 0 Å². The van der Waals surface area contributed by atoms with Gasteiger partial charge >= 0.3 is 6.18 Å². The summed E-state index contributed by atoms with van der Waals surface area (Å²) in [4.78, 5) is 13.5. The van der Waals surface area contributed by atoms with Crippen LogP contribution in [0.25, 0.3) is 11.0 Å². The summed E-state index contributed by atoms with van der Waals surface area (Å²) in [5.74, 6) is 1.55. The number of ether oxygens (including phenoxy) is 1. The number of hydrogen-bond donors (Lipinski definition) is 1. The Kier molecular flexibility index (Phi) is 5.75. The number of aliphatic hydroxyl groups is 1. The highest BCUT2D eigenvalue weighted by molar-refractivity contribution is 5.78. The Bertz CT molecular complexity index is 1150. The number of morpholine rings is 1. The van der Waals surface area contributed by atoms with E-state index in [1.807, 2.05) is 10.6 Å². The molecule has 2 fully saturated rings. The number of aromatic nitrogens is 3. The predicted molar refractivity (Wildman–Crippen MR) is 117 cm³/mol. The third-order valence-electron chi connectivity index (χ3n) is 6.42. The summed E-state index contributed by atoms with van der Waals surface area (Å²) in [5, 5.41) is 9.66. The van der Waals surface area contributed by atoms with E-state index in [1.54, 1.807) is 12.3 Å². The maximum Gasteiger partial charge on any atom is 0.416 e. The molecule has 0 bridgehead atoms. The van der Waals surface area contributed by atoms with E-state index in [0.29, 0.717) is 43.9 Å². The SMILES string of the molecule is Cc1c(Cn2c(CN3CC(O)C3)nc3cnc(N4CCOCC4)cc32)cccc1C(F)(F)F. The van der Waals surface area contributed by atoms with Gasteiger partial charge in [-0.25, -0.2) is 9.97 Å². The van der Waals surface area contributed by atoms with Crippen molar-refractivity contribution in [1.82, 2.24) is 19.4 Å². The largest absolute Gasteiger partial charge is 0.416 e. The average Bonchev–Trinajstić information content (AvgIpc) is 3.10. The van der Waals surface area contributed by atoms with Crippen molar-refractivity contribution in [2.45, 2.75) is 32.3 Å². The molecule has 0 amide bonds. The fourth-order valence-corrected chi connectivity index (χ4v) is 4.53. The summed E-state index contributed by atoms with van der Waals surface area (Å²) >= 11 is 0. The van der Waals surface area contributed by atoms with Crippen molar-refractivity contribution >= 4 is 16.9 Å². The second-order valence-electron chi connectivity index (χ2n) is 8.68. The Morgan fingerprint density at radius 1 is 1.15 bits per heavy atom. The molecule has 10 heteroatoms. The van der Waals surface area contributed by atoms with Gasteiger partial charge in [0.05, 0.1) is 43.1 Å². The van der Waals surface area contributed by atoms with E-state index in [4.69, 9.17) is 9.72 Å². The van der Waals surface area contributed by atoms with E-state index in [-0.39, 0.29) is 18.2 Å². The second-order valence-corrected chi connectivity index (χ2v) is 8.68. The lowest BCUT2D eigenvalue weighted by atomic mass is 10.0. The smallest absolute Gasteiger partial charge is 0.390 e. The fourth-order valence-electron chi connectivity index (χ4n) is 4.53. The first-order valence-electron chi connectivity index (χ1n) is 11.0. The lowest BCUT2D eigenvalue weighted by Crippen LogP contribution is -2.50. The summed E-state index contributed by atoms with van der Waals surface area (Å²) in [7, 11) is 0. The Balaban J connectivity index is 1.55. The molecule has 3 aromatic rings. The molecule has 1 aromatic carbocycles. The quantitative estimate of drug-likeness (QED) is 0.631. The number of rotatable bonds is 5. The van der Waals surface area contributed by atoms with Gasteiger partial charge in [-0.05, 0) is 24.1 Å². The molecule has 0 saturated carbocycles. The number of halogens is 3. The molecule has 2 aliphatic rings. The monoisotopic (exact) mass is 461 g/mol. The molecule has 7 nitrogen and oxygen atoms in total. The van der Waals surface area contributed by atoms with Gasteiger partial charge < -0.3 is 19.3 Å². The van der Waals surface area contributed by atoms with E-state index in [1.165, 1.54) is 13.0 Å². The Morgan fingerprint density at radius 3 is 2.61 bits per heavy atom. The number of likely N-dealkylation sites (tertiary alicyclic amines) is 1. The van der Waals surface area contributed by atoms with Gasteiger partial charge in [-0.3, -0.25) is 4.90 Å². The molecule has 33 heavy (non-hydrogen) atoms. The van der Waals surface area contributed by atoms with Crippen LogP contribution >= 0.6 is 0 Å². The van der Waals surface area contributed by atoms with Crippen LogP contribution < -0.4 is 4.90 Å². The maximum absolute atomic E-state index is 13.5. The second kappa shape index (κ2) is 8.58. The lowest BCUT2D eigenvalue weighted by Gasteiger charge is -2.35. The van der Waals surface area contributed by atoms with Gasteiger partial charge in [0.25, 0.3) is 0 Å². The number of pyridine rings is 1. The maximum atomic E-state index is 13.5. The Labute approximate surface area is 189 Å². The van der Waals surface area contributed by atoms with Crippen LogP contribution in [0.3, 0.4) is 0 Å². The van der Waals surface area contributed by atoms with Gasteiger partial charge in [0.1, 0.15) is 17.2 Å². The predicted octanol–water partition coefficient (Wildman–Crippen LogP) is 2.82. The van der Waals surface area contributed by atoms with Crippen LogP contribution in [0.4, 0.5) is 19.0 Å². The van der Waals surface area contributed by atoms with Crippen molar-refractivity contribution in [3.63, 3.8) is 0 Å². The molecule has 4 heterocycles. The minimum Gasteiger partial charge on any atom is -0.390 e. The van der Waals surface area contributed by atoms with E-state index in [9.17, 15) is 18.3 Å². The number of alkyl halides is 3.